The van der Waals surface area contributed by atoms with E-state index >= 15 is 0 Å². The van der Waals surface area contributed by atoms with Crippen LogP contribution in [-0.2, 0) is 6.54 Å². The monoisotopic (exact) mass is 284 g/mol. The maximum Gasteiger partial charge on any atom is 0.0998 e. The summed E-state index contributed by atoms with van der Waals surface area (Å²) in [7, 11) is 0. The Morgan fingerprint density at radius 1 is 1.00 bits per heavy atom. The largest absolute Gasteiger partial charge is 0.192 e. The second kappa shape index (κ2) is 6.01. The van der Waals surface area contributed by atoms with E-state index in [4.69, 9.17) is 5.53 Å². The Hall–Kier alpha value is -3.28. The third-order valence-electron chi connectivity index (χ3n) is 3.60. The van der Waals surface area contributed by atoms with Crippen molar-refractivity contribution in [3.63, 3.8) is 0 Å². The molecule has 0 aliphatic heterocycles. The molecule has 0 spiro atoms. The Morgan fingerprint density at radius 3 is 2.64 bits per heavy atom. The molecule has 0 radical (unpaired) electrons. The molecule has 0 amide bonds. The van der Waals surface area contributed by atoms with Gasteiger partial charge in [-0.2, -0.15) is 5.26 Å². The fraction of sp³-hybridized carbons (Fsp3) is 0.0556. The van der Waals surface area contributed by atoms with Gasteiger partial charge in [-0.1, -0.05) is 53.6 Å². The van der Waals surface area contributed by atoms with E-state index in [0.29, 0.717) is 5.56 Å². The molecule has 0 fully saturated rings. The van der Waals surface area contributed by atoms with Gasteiger partial charge in [0.15, 0.2) is 0 Å². The molecule has 4 heteroatoms. The molecule has 0 heterocycles. The molecule has 0 bridgehead atoms. The van der Waals surface area contributed by atoms with Gasteiger partial charge in [0.2, 0.25) is 0 Å². The fourth-order valence-corrected chi connectivity index (χ4v) is 2.58. The van der Waals surface area contributed by atoms with Crippen molar-refractivity contribution < 1.29 is 0 Å². The normalized spacial score (nSPS) is 9.95. The summed E-state index contributed by atoms with van der Waals surface area (Å²) in [6.45, 7) is 0.278. The van der Waals surface area contributed by atoms with Crippen molar-refractivity contribution in [3.8, 4) is 17.2 Å². The molecule has 0 aliphatic carbocycles. The van der Waals surface area contributed by atoms with E-state index in [9.17, 15) is 5.26 Å². The third kappa shape index (κ3) is 2.49. The first-order valence-electron chi connectivity index (χ1n) is 6.85. The highest BCUT2D eigenvalue weighted by Gasteiger charge is 2.09. The maximum atomic E-state index is 9.39. The lowest BCUT2D eigenvalue weighted by atomic mass is 9.93. The van der Waals surface area contributed by atoms with Crippen molar-refractivity contribution in [2.45, 2.75) is 6.54 Å². The van der Waals surface area contributed by atoms with E-state index in [2.05, 4.69) is 28.2 Å². The highest BCUT2D eigenvalue weighted by atomic mass is 15.1. The van der Waals surface area contributed by atoms with Gasteiger partial charge in [-0.05, 0) is 39.6 Å². The number of nitrogens with zero attached hydrogens (tertiary/aromatic N) is 4. The Kier molecular flexibility index (Phi) is 3.74. The lowest BCUT2D eigenvalue weighted by Crippen LogP contribution is -1.90. The molecule has 0 saturated carbocycles. The summed E-state index contributed by atoms with van der Waals surface area (Å²) in [6, 6.07) is 21.9. The van der Waals surface area contributed by atoms with Crippen molar-refractivity contribution in [3.05, 3.63) is 82.2 Å². The van der Waals surface area contributed by atoms with Crippen LogP contribution < -0.4 is 0 Å². The van der Waals surface area contributed by atoms with Gasteiger partial charge in [0, 0.05) is 10.5 Å². The van der Waals surface area contributed by atoms with Crippen LogP contribution in [0.3, 0.4) is 0 Å². The number of rotatable bonds is 3. The van der Waals surface area contributed by atoms with E-state index < -0.39 is 0 Å². The SMILES string of the molecule is N#Cc1ccc(CN=[N+]=[N-])cc1-c1cccc2ccccc12. The van der Waals surface area contributed by atoms with Crippen LogP contribution in [0, 0.1) is 11.3 Å². The number of nitriles is 1. The molecular weight excluding hydrogens is 272 g/mol. The van der Waals surface area contributed by atoms with Crippen molar-refractivity contribution in [2.24, 2.45) is 5.11 Å². The average molecular weight is 284 g/mol. The lowest BCUT2D eigenvalue weighted by Gasteiger charge is -2.10. The molecule has 0 atom stereocenters. The van der Waals surface area contributed by atoms with Crippen molar-refractivity contribution >= 4 is 10.8 Å². The summed E-state index contributed by atoms with van der Waals surface area (Å²) in [5, 5.41) is 15.2. The number of benzene rings is 3. The quantitative estimate of drug-likeness (QED) is 0.370. The standard InChI is InChI=1S/C18H12N4/c19-11-15-9-8-13(12-21-22-20)10-18(15)17-7-3-5-14-4-1-2-6-16(14)17/h1-10H,12H2. The molecule has 22 heavy (non-hydrogen) atoms. The van der Waals surface area contributed by atoms with Crippen LogP contribution >= 0.6 is 0 Å². The van der Waals surface area contributed by atoms with Crippen molar-refractivity contribution in [1.29, 1.82) is 5.26 Å². The molecule has 3 aromatic rings. The van der Waals surface area contributed by atoms with Gasteiger partial charge in [0.1, 0.15) is 0 Å². The van der Waals surface area contributed by atoms with Gasteiger partial charge in [-0.3, -0.25) is 0 Å². The van der Waals surface area contributed by atoms with Gasteiger partial charge in [-0.25, -0.2) is 0 Å². The summed E-state index contributed by atoms with van der Waals surface area (Å²) in [4.78, 5) is 2.79. The molecule has 4 nitrogen and oxygen atoms in total. The Bertz CT molecular complexity index is 926. The average Bonchev–Trinajstić information content (AvgIpc) is 2.59. The van der Waals surface area contributed by atoms with Gasteiger partial charge in [0.05, 0.1) is 18.2 Å². The molecule has 0 N–H and O–H groups in total. The zero-order valence-electron chi connectivity index (χ0n) is 11.8. The Morgan fingerprint density at radius 2 is 1.82 bits per heavy atom. The second-order valence-corrected chi connectivity index (χ2v) is 4.91. The summed E-state index contributed by atoms with van der Waals surface area (Å²) in [5.74, 6) is 0. The Balaban J connectivity index is 2.25. The van der Waals surface area contributed by atoms with Gasteiger partial charge >= 0.3 is 0 Å². The van der Waals surface area contributed by atoms with Crippen LogP contribution in [0.25, 0.3) is 32.3 Å². The second-order valence-electron chi connectivity index (χ2n) is 4.91. The highest BCUT2D eigenvalue weighted by Crippen LogP contribution is 2.31. The minimum Gasteiger partial charge on any atom is -0.192 e. The summed E-state index contributed by atoms with van der Waals surface area (Å²) in [5.41, 5.74) is 11.8. The zero-order valence-corrected chi connectivity index (χ0v) is 11.8. The van der Waals surface area contributed by atoms with E-state index in [1.807, 2.05) is 42.5 Å². The molecule has 3 rings (SSSR count). The fourth-order valence-electron chi connectivity index (χ4n) is 2.58. The predicted molar refractivity (Wildman–Crippen MR) is 86.9 cm³/mol. The predicted octanol–water partition coefficient (Wildman–Crippen LogP) is 5.19. The van der Waals surface area contributed by atoms with Crippen LogP contribution in [-0.4, -0.2) is 0 Å². The molecule has 0 unspecified atom stereocenters. The summed E-state index contributed by atoms with van der Waals surface area (Å²) < 4.78 is 0. The molecule has 0 saturated heterocycles. The molecular formula is C18H12N4. The molecule has 0 aliphatic rings. The summed E-state index contributed by atoms with van der Waals surface area (Å²) >= 11 is 0. The van der Waals surface area contributed by atoms with Crippen LogP contribution in [0.1, 0.15) is 11.1 Å². The van der Waals surface area contributed by atoms with Gasteiger partial charge < -0.3 is 0 Å². The van der Waals surface area contributed by atoms with E-state index in [-0.39, 0.29) is 6.54 Å². The van der Waals surface area contributed by atoms with E-state index in [1.54, 1.807) is 6.07 Å². The topological polar surface area (TPSA) is 72.5 Å². The van der Waals surface area contributed by atoms with Crippen LogP contribution in [0.4, 0.5) is 0 Å². The summed E-state index contributed by atoms with van der Waals surface area (Å²) in [6.07, 6.45) is 0. The minimum absolute atomic E-state index is 0.278. The van der Waals surface area contributed by atoms with Crippen molar-refractivity contribution in [1.82, 2.24) is 0 Å². The van der Waals surface area contributed by atoms with Gasteiger partial charge in [-0.15, -0.1) is 0 Å². The van der Waals surface area contributed by atoms with Crippen LogP contribution in [0.15, 0.2) is 65.8 Å². The minimum atomic E-state index is 0.278. The maximum absolute atomic E-state index is 9.39. The smallest absolute Gasteiger partial charge is 0.0998 e. The van der Waals surface area contributed by atoms with Crippen LogP contribution in [0.2, 0.25) is 0 Å². The first-order valence-corrected chi connectivity index (χ1v) is 6.85. The number of hydrogen-bond donors (Lipinski definition) is 0. The van der Waals surface area contributed by atoms with E-state index in [1.165, 1.54) is 0 Å². The third-order valence-corrected chi connectivity index (χ3v) is 3.60. The first-order chi connectivity index (χ1) is 10.8. The number of fused-ring (bicyclic) bond motifs is 1. The first kappa shape index (κ1) is 13.7. The van der Waals surface area contributed by atoms with E-state index in [0.717, 1.165) is 27.5 Å². The van der Waals surface area contributed by atoms with Crippen LogP contribution in [0.5, 0.6) is 0 Å². The molecule has 0 aromatic heterocycles. The Labute approximate surface area is 127 Å². The highest BCUT2D eigenvalue weighted by molar-refractivity contribution is 5.97. The number of azide groups is 1. The van der Waals surface area contributed by atoms with Crippen molar-refractivity contribution in [2.75, 3.05) is 0 Å². The molecule has 3 aromatic carbocycles. The van der Waals surface area contributed by atoms with Gasteiger partial charge in [0.25, 0.3) is 0 Å². The lowest BCUT2D eigenvalue weighted by molar-refractivity contribution is 1.05. The molecule has 104 valence electrons. The number of hydrogen-bond acceptors (Lipinski definition) is 2. The zero-order chi connectivity index (χ0) is 15.4.